The number of halogens is 1. The van der Waals surface area contributed by atoms with Gasteiger partial charge in [0.25, 0.3) is 5.91 Å². The molecule has 0 saturated carbocycles. The third-order valence-corrected chi connectivity index (χ3v) is 5.76. The summed E-state index contributed by atoms with van der Waals surface area (Å²) in [6.07, 6.45) is 2.52. The van der Waals surface area contributed by atoms with Gasteiger partial charge >= 0.3 is 0 Å². The molecule has 138 valence electrons. The van der Waals surface area contributed by atoms with Gasteiger partial charge in [-0.05, 0) is 49.7 Å². The van der Waals surface area contributed by atoms with Gasteiger partial charge in [0.1, 0.15) is 0 Å². The van der Waals surface area contributed by atoms with Crippen LogP contribution in [0.3, 0.4) is 0 Å². The normalized spacial score (nSPS) is 14.4. The minimum absolute atomic E-state index is 0.140. The van der Waals surface area contributed by atoms with Crippen molar-refractivity contribution in [2.45, 2.75) is 19.4 Å². The van der Waals surface area contributed by atoms with Gasteiger partial charge in [-0.3, -0.25) is 15.0 Å². The number of thiazole rings is 1. The average Bonchev–Trinajstić information content (AvgIpc) is 3.34. The van der Waals surface area contributed by atoms with Gasteiger partial charge in [-0.25, -0.2) is 4.98 Å². The summed E-state index contributed by atoms with van der Waals surface area (Å²) in [5, 5.41) is 6.02. The predicted molar refractivity (Wildman–Crippen MR) is 111 cm³/mol. The summed E-state index contributed by atoms with van der Waals surface area (Å²) >= 11 is 7.63. The third-order valence-electron chi connectivity index (χ3n) is 4.67. The molecular formula is C21H20ClN3OS. The molecule has 1 fully saturated rings. The topological polar surface area (TPSA) is 45.2 Å². The van der Waals surface area contributed by atoms with Crippen molar-refractivity contribution in [2.75, 3.05) is 18.4 Å². The van der Waals surface area contributed by atoms with Gasteiger partial charge in [0.05, 0.1) is 5.69 Å². The smallest absolute Gasteiger partial charge is 0.257 e. The van der Waals surface area contributed by atoms with E-state index < -0.39 is 0 Å². The first-order valence-electron chi connectivity index (χ1n) is 9.02. The van der Waals surface area contributed by atoms with Crippen LogP contribution in [-0.2, 0) is 6.54 Å². The quantitative estimate of drug-likeness (QED) is 0.634. The van der Waals surface area contributed by atoms with Crippen LogP contribution in [0.25, 0.3) is 11.3 Å². The molecule has 0 radical (unpaired) electrons. The number of aromatic nitrogens is 1. The SMILES string of the molecule is O=C(Nc1nc(-c2ccccc2Cl)cs1)c1cccc(CN2CCCC2)c1. The molecule has 1 aliphatic heterocycles. The Morgan fingerprint density at radius 3 is 2.78 bits per heavy atom. The van der Waals surface area contributed by atoms with E-state index in [1.807, 2.05) is 47.8 Å². The van der Waals surface area contributed by atoms with E-state index >= 15 is 0 Å². The lowest BCUT2D eigenvalue weighted by Gasteiger charge is -2.14. The molecule has 1 aromatic heterocycles. The summed E-state index contributed by atoms with van der Waals surface area (Å²) in [4.78, 5) is 19.6. The molecule has 6 heteroatoms. The van der Waals surface area contributed by atoms with E-state index in [1.54, 1.807) is 0 Å². The van der Waals surface area contributed by atoms with Crippen LogP contribution in [0.1, 0.15) is 28.8 Å². The Labute approximate surface area is 167 Å². The molecule has 3 aromatic rings. The fraction of sp³-hybridized carbons (Fsp3) is 0.238. The summed E-state index contributed by atoms with van der Waals surface area (Å²) in [6, 6.07) is 15.4. The second-order valence-corrected chi connectivity index (χ2v) is 7.92. The molecule has 1 saturated heterocycles. The molecule has 4 rings (SSSR count). The zero-order valence-corrected chi connectivity index (χ0v) is 16.4. The van der Waals surface area contributed by atoms with Gasteiger partial charge in [0, 0.05) is 28.1 Å². The van der Waals surface area contributed by atoms with Crippen LogP contribution in [0.5, 0.6) is 0 Å². The van der Waals surface area contributed by atoms with Crippen molar-refractivity contribution in [3.8, 4) is 11.3 Å². The highest BCUT2D eigenvalue weighted by atomic mass is 35.5. The fourth-order valence-electron chi connectivity index (χ4n) is 3.30. The molecular weight excluding hydrogens is 378 g/mol. The summed E-state index contributed by atoms with van der Waals surface area (Å²) in [5.41, 5.74) is 3.45. The lowest BCUT2D eigenvalue weighted by Crippen LogP contribution is -2.19. The van der Waals surface area contributed by atoms with E-state index in [-0.39, 0.29) is 5.91 Å². The molecule has 27 heavy (non-hydrogen) atoms. The molecule has 0 unspecified atom stereocenters. The van der Waals surface area contributed by atoms with Gasteiger partial charge < -0.3 is 0 Å². The second kappa shape index (κ2) is 8.21. The van der Waals surface area contributed by atoms with Crippen LogP contribution in [0.4, 0.5) is 5.13 Å². The minimum atomic E-state index is -0.140. The number of anilines is 1. The molecule has 1 aliphatic rings. The predicted octanol–water partition coefficient (Wildman–Crippen LogP) is 5.31. The van der Waals surface area contributed by atoms with Crippen LogP contribution in [0.15, 0.2) is 53.9 Å². The van der Waals surface area contributed by atoms with Gasteiger partial charge in [0.15, 0.2) is 5.13 Å². The lowest BCUT2D eigenvalue weighted by atomic mass is 10.1. The third kappa shape index (κ3) is 4.38. The van der Waals surface area contributed by atoms with Crippen LogP contribution in [0, 0.1) is 0 Å². The number of hydrogen-bond donors (Lipinski definition) is 1. The van der Waals surface area contributed by atoms with Crippen molar-refractivity contribution < 1.29 is 4.79 Å². The largest absolute Gasteiger partial charge is 0.299 e. The van der Waals surface area contributed by atoms with E-state index in [9.17, 15) is 4.79 Å². The lowest BCUT2D eigenvalue weighted by molar-refractivity contribution is 0.102. The monoisotopic (exact) mass is 397 g/mol. The Balaban J connectivity index is 1.46. The van der Waals surface area contributed by atoms with Crippen LogP contribution >= 0.6 is 22.9 Å². The van der Waals surface area contributed by atoms with Crippen LogP contribution in [0.2, 0.25) is 5.02 Å². The zero-order chi connectivity index (χ0) is 18.6. The van der Waals surface area contributed by atoms with Gasteiger partial charge in [-0.2, -0.15) is 0 Å². The maximum atomic E-state index is 12.6. The molecule has 0 aliphatic carbocycles. The van der Waals surface area contributed by atoms with Gasteiger partial charge in [-0.1, -0.05) is 41.9 Å². The number of likely N-dealkylation sites (tertiary alicyclic amines) is 1. The standard InChI is InChI=1S/C21H20ClN3OS/c22-18-9-2-1-8-17(18)19-14-27-21(23-19)24-20(26)16-7-5-6-15(12-16)13-25-10-3-4-11-25/h1-2,5-9,12,14H,3-4,10-11,13H2,(H,23,24,26). The molecule has 1 amide bonds. The Hall–Kier alpha value is -2.21. The Morgan fingerprint density at radius 2 is 1.96 bits per heavy atom. The highest BCUT2D eigenvalue weighted by molar-refractivity contribution is 7.14. The van der Waals surface area contributed by atoms with Crippen molar-refractivity contribution >= 4 is 34.0 Å². The van der Waals surface area contributed by atoms with E-state index in [4.69, 9.17) is 11.6 Å². The first-order valence-corrected chi connectivity index (χ1v) is 10.3. The summed E-state index contributed by atoms with van der Waals surface area (Å²) in [5.74, 6) is -0.140. The number of benzene rings is 2. The fourth-order valence-corrected chi connectivity index (χ4v) is 4.24. The Kier molecular flexibility index (Phi) is 5.53. The van der Waals surface area contributed by atoms with Crippen molar-refractivity contribution in [3.05, 3.63) is 70.1 Å². The highest BCUT2D eigenvalue weighted by Gasteiger charge is 2.14. The second-order valence-electron chi connectivity index (χ2n) is 6.66. The Bertz CT molecular complexity index is 950. The van der Waals surface area contributed by atoms with E-state index in [2.05, 4.69) is 21.3 Å². The number of carbonyl (C=O) groups is 1. The molecule has 0 bridgehead atoms. The zero-order valence-electron chi connectivity index (χ0n) is 14.8. The number of carbonyl (C=O) groups excluding carboxylic acids is 1. The Morgan fingerprint density at radius 1 is 1.15 bits per heavy atom. The number of rotatable bonds is 5. The van der Waals surface area contributed by atoms with Crippen molar-refractivity contribution in [1.82, 2.24) is 9.88 Å². The average molecular weight is 398 g/mol. The number of amides is 1. The molecule has 0 spiro atoms. The molecule has 1 N–H and O–H groups in total. The summed E-state index contributed by atoms with van der Waals surface area (Å²) in [7, 11) is 0. The summed E-state index contributed by atoms with van der Waals surface area (Å²) < 4.78 is 0. The minimum Gasteiger partial charge on any atom is -0.299 e. The molecule has 2 heterocycles. The number of nitrogens with one attached hydrogen (secondary N) is 1. The summed E-state index contributed by atoms with van der Waals surface area (Å²) in [6.45, 7) is 3.18. The van der Waals surface area contributed by atoms with Crippen molar-refractivity contribution in [1.29, 1.82) is 0 Å². The maximum absolute atomic E-state index is 12.6. The van der Waals surface area contributed by atoms with Gasteiger partial charge in [-0.15, -0.1) is 11.3 Å². The van der Waals surface area contributed by atoms with E-state index in [1.165, 1.54) is 29.7 Å². The molecule has 2 aromatic carbocycles. The van der Waals surface area contributed by atoms with Crippen LogP contribution in [-0.4, -0.2) is 28.9 Å². The van der Waals surface area contributed by atoms with E-state index in [0.29, 0.717) is 15.7 Å². The molecule has 0 atom stereocenters. The van der Waals surface area contributed by atoms with Crippen molar-refractivity contribution in [3.63, 3.8) is 0 Å². The maximum Gasteiger partial charge on any atom is 0.257 e. The van der Waals surface area contributed by atoms with Crippen LogP contribution < -0.4 is 5.32 Å². The molecule has 4 nitrogen and oxygen atoms in total. The van der Waals surface area contributed by atoms with Crippen molar-refractivity contribution in [2.24, 2.45) is 0 Å². The van der Waals surface area contributed by atoms with E-state index in [0.717, 1.165) is 30.9 Å². The first-order chi connectivity index (χ1) is 13.2. The number of nitrogens with zero attached hydrogens (tertiary/aromatic N) is 2. The van der Waals surface area contributed by atoms with Gasteiger partial charge in [0.2, 0.25) is 0 Å². The highest BCUT2D eigenvalue weighted by Crippen LogP contribution is 2.30. The first kappa shape index (κ1) is 18.2. The number of hydrogen-bond acceptors (Lipinski definition) is 4.